The number of carbonyl (C=O) groups excluding carboxylic acids is 3. The monoisotopic (exact) mass is 376 g/mol. The highest BCUT2D eigenvalue weighted by molar-refractivity contribution is 6.45. The number of benzene rings is 2. The predicted octanol–water partition coefficient (Wildman–Crippen LogP) is 3.02. The Balaban J connectivity index is 2.16. The molecular formula is C18H17ClN2O5. The molecule has 2 amide bonds. The van der Waals surface area contributed by atoms with Crippen molar-refractivity contribution in [1.29, 1.82) is 0 Å². The van der Waals surface area contributed by atoms with E-state index in [9.17, 15) is 14.4 Å². The summed E-state index contributed by atoms with van der Waals surface area (Å²) in [6, 6.07) is 9.36. The van der Waals surface area contributed by atoms with Crippen LogP contribution in [0.25, 0.3) is 0 Å². The van der Waals surface area contributed by atoms with E-state index in [-0.39, 0.29) is 16.3 Å². The molecule has 0 fully saturated rings. The summed E-state index contributed by atoms with van der Waals surface area (Å²) in [4.78, 5) is 35.9. The molecule has 0 radical (unpaired) electrons. The first-order valence-corrected chi connectivity index (χ1v) is 7.88. The fourth-order valence-electron chi connectivity index (χ4n) is 2.14. The molecule has 0 aromatic heterocycles. The highest BCUT2D eigenvalue weighted by Gasteiger charge is 2.18. The Morgan fingerprint density at radius 1 is 0.923 bits per heavy atom. The summed E-state index contributed by atoms with van der Waals surface area (Å²) in [6.45, 7) is 1.84. The zero-order valence-electron chi connectivity index (χ0n) is 14.4. The Morgan fingerprint density at radius 3 is 2.19 bits per heavy atom. The average Bonchev–Trinajstić information content (AvgIpc) is 2.63. The zero-order chi connectivity index (χ0) is 19.3. The number of anilines is 2. The van der Waals surface area contributed by atoms with Gasteiger partial charge in [0.1, 0.15) is 5.75 Å². The molecule has 0 aliphatic carbocycles. The van der Waals surface area contributed by atoms with Crippen LogP contribution in [0.2, 0.25) is 5.02 Å². The van der Waals surface area contributed by atoms with Crippen LogP contribution in [0.15, 0.2) is 36.4 Å². The molecule has 2 aromatic rings. The van der Waals surface area contributed by atoms with Gasteiger partial charge in [-0.3, -0.25) is 9.59 Å². The Hall–Kier alpha value is -3.06. The SMILES string of the molecule is COC(=O)c1ccc(Cl)c(NC(=O)C(=O)Nc2cc(C)ccc2OC)c1. The maximum atomic E-state index is 12.2. The maximum Gasteiger partial charge on any atom is 0.337 e. The number of hydrogen-bond donors (Lipinski definition) is 2. The van der Waals surface area contributed by atoms with Gasteiger partial charge in [-0.1, -0.05) is 17.7 Å². The lowest BCUT2D eigenvalue weighted by Crippen LogP contribution is -2.29. The number of halogens is 1. The molecule has 26 heavy (non-hydrogen) atoms. The minimum Gasteiger partial charge on any atom is -0.495 e. The van der Waals surface area contributed by atoms with Gasteiger partial charge in [-0.25, -0.2) is 4.79 Å². The second-order valence-electron chi connectivity index (χ2n) is 5.30. The van der Waals surface area contributed by atoms with Crippen LogP contribution in [-0.4, -0.2) is 32.0 Å². The summed E-state index contributed by atoms with van der Waals surface area (Å²) in [5.74, 6) is -2.03. The van der Waals surface area contributed by atoms with Gasteiger partial charge in [-0.2, -0.15) is 0 Å². The molecule has 2 rings (SSSR count). The van der Waals surface area contributed by atoms with E-state index in [4.69, 9.17) is 16.3 Å². The topological polar surface area (TPSA) is 93.7 Å². The van der Waals surface area contributed by atoms with Crippen molar-refractivity contribution in [3.8, 4) is 5.75 Å². The van der Waals surface area contributed by atoms with Gasteiger partial charge in [0.25, 0.3) is 0 Å². The van der Waals surface area contributed by atoms with Crippen LogP contribution >= 0.6 is 11.6 Å². The Kier molecular flexibility index (Phi) is 6.19. The van der Waals surface area contributed by atoms with E-state index in [1.54, 1.807) is 12.1 Å². The van der Waals surface area contributed by atoms with Crippen molar-refractivity contribution in [2.24, 2.45) is 0 Å². The van der Waals surface area contributed by atoms with Crippen LogP contribution in [0.5, 0.6) is 5.75 Å². The molecule has 0 saturated heterocycles. The molecular weight excluding hydrogens is 360 g/mol. The number of ether oxygens (including phenoxy) is 2. The molecule has 0 aliphatic rings. The van der Waals surface area contributed by atoms with Crippen LogP contribution in [0.3, 0.4) is 0 Å². The highest BCUT2D eigenvalue weighted by Crippen LogP contribution is 2.26. The number of esters is 1. The molecule has 0 spiro atoms. The van der Waals surface area contributed by atoms with Crippen molar-refractivity contribution >= 4 is 40.8 Å². The van der Waals surface area contributed by atoms with Gasteiger partial charge in [-0.15, -0.1) is 0 Å². The lowest BCUT2D eigenvalue weighted by atomic mass is 10.2. The Bertz CT molecular complexity index is 867. The quantitative estimate of drug-likeness (QED) is 0.632. The third-order valence-electron chi connectivity index (χ3n) is 3.45. The van der Waals surface area contributed by atoms with E-state index < -0.39 is 17.8 Å². The predicted molar refractivity (Wildman–Crippen MR) is 97.8 cm³/mol. The summed E-state index contributed by atoms with van der Waals surface area (Å²) >= 11 is 6.00. The molecule has 2 aromatic carbocycles. The van der Waals surface area contributed by atoms with Gasteiger partial charge in [0, 0.05) is 0 Å². The van der Waals surface area contributed by atoms with Crippen LogP contribution < -0.4 is 15.4 Å². The number of hydrogen-bond acceptors (Lipinski definition) is 5. The van der Waals surface area contributed by atoms with Crippen LogP contribution in [0.4, 0.5) is 11.4 Å². The summed E-state index contributed by atoms with van der Waals surface area (Å²) < 4.78 is 9.77. The molecule has 136 valence electrons. The zero-order valence-corrected chi connectivity index (χ0v) is 15.1. The molecule has 8 heteroatoms. The van der Waals surface area contributed by atoms with Crippen molar-refractivity contribution in [2.45, 2.75) is 6.92 Å². The number of aryl methyl sites for hydroxylation is 1. The van der Waals surface area contributed by atoms with Crippen molar-refractivity contribution in [1.82, 2.24) is 0 Å². The van der Waals surface area contributed by atoms with E-state index in [0.29, 0.717) is 11.4 Å². The van der Waals surface area contributed by atoms with E-state index in [1.807, 2.05) is 13.0 Å². The summed E-state index contributed by atoms with van der Waals surface area (Å²) in [6.07, 6.45) is 0. The smallest absolute Gasteiger partial charge is 0.337 e. The number of methoxy groups -OCH3 is 2. The van der Waals surface area contributed by atoms with Crippen LogP contribution in [0, 0.1) is 6.92 Å². The lowest BCUT2D eigenvalue weighted by Gasteiger charge is -2.12. The van der Waals surface area contributed by atoms with Crippen molar-refractivity contribution < 1.29 is 23.9 Å². The van der Waals surface area contributed by atoms with Crippen molar-refractivity contribution in [3.05, 3.63) is 52.5 Å². The van der Waals surface area contributed by atoms with Gasteiger partial charge in [0.2, 0.25) is 0 Å². The Morgan fingerprint density at radius 2 is 1.58 bits per heavy atom. The van der Waals surface area contributed by atoms with Crippen LogP contribution in [-0.2, 0) is 14.3 Å². The molecule has 0 bridgehead atoms. The lowest BCUT2D eigenvalue weighted by molar-refractivity contribution is -0.133. The average molecular weight is 377 g/mol. The highest BCUT2D eigenvalue weighted by atomic mass is 35.5. The first-order chi connectivity index (χ1) is 12.3. The third kappa shape index (κ3) is 4.52. The summed E-state index contributed by atoms with van der Waals surface area (Å²) in [7, 11) is 2.69. The maximum absolute atomic E-state index is 12.2. The third-order valence-corrected chi connectivity index (χ3v) is 3.77. The van der Waals surface area contributed by atoms with E-state index in [0.717, 1.165) is 5.56 Å². The minimum atomic E-state index is -0.947. The largest absolute Gasteiger partial charge is 0.495 e. The van der Waals surface area contributed by atoms with Gasteiger partial charge < -0.3 is 20.1 Å². The van der Waals surface area contributed by atoms with Gasteiger partial charge in [-0.05, 0) is 42.8 Å². The first kappa shape index (κ1) is 19.3. The van der Waals surface area contributed by atoms with Gasteiger partial charge in [0.15, 0.2) is 0 Å². The molecule has 0 unspecified atom stereocenters. The fourth-order valence-corrected chi connectivity index (χ4v) is 2.31. The molecule has 0 atom stereocenters. The number of amides is 2. The van der Waals surface area contributed by atoms with Crippen LogP contribution in [0.1, 0.15) is 15.9 Å². The molecule has 7 nitrogen and oxygen atoms in total. The first-order valence-electron chi connectivity index (χ1n) is 7.50. The standard InChI is InChI=1S/C18H17ClN2O5/c1-10-4-7-15(25-2)14(8-10)21-17(23)16(22)20-13-9-11(18(24)26-3)5-6-12(13)19/h4-9H,1-3H3,(H,20,22)(H,21,23). The summed E-state index contributed by atoms with van der Waals surface area (Å²) in [5, 5.41) is 5.02. The van der Waals surface area contributed by atoms with Crippen molar-refractivity contribution in [2.75, 3.05) is 24.9 Å². The molecule has 2 N–H and O–H groups in total. The minimum absolute atomic E-state index is 0.117. The van der Waals surface area contributed by atoms with E-state index in [2.05, 4.69) is 15.4 Å². The Labute approximate surface area is 155 Å². The van der Waals surface area contributed by atoms with E-state index in [1.165, 1.54) is 32.4 Å². The molecule has 0 aliphatic heterocycles. The number of rotatable bonds is 4. The fraction of sp³-hybridized carbons (Fsp3) is 0.167. The normalized spacial score (nSPS) is 10.0. The molecule has 0 heterocycles. The number of nitrogens with one attached hydrogen (secondary N) is 2. The number of carbonyl (C=O) groups is 3. The van der Waals surface area contributed by atoms with E-state index >= 15 is 0 Å². The second kappa shape index (κ2) is 8.35. The van der Waals surface area contributed by atoms with Crippen molar-refractivity contribution in [3.63, 3.8) is 0 Å². The summed E-state index contributed by atoms with van der Waals surface area (Å²) in [5.41, 5.74) is 1.55. The van der Waals surface area contributed by atoms with Gasteiger partial charge in [0.05, 0.1) is 36.2 Å². The second-order valence-corrected chi connectivity index (χ2v) is 5.71. The van der Waals surface area contributed by atoms with Gasteiger partial charge >= 0.3 is 17.8 Å². The molecule has 0 saturated carbocycles.